The van der Waals surface area contributed by atoms with Crippen molar-refractivity contribution in [2.75, 3.05) is 5.32 Å². The monoisotopic (exact) mass is 162 g/mol. The minimum Gasteiger partial charge on any atom is -0.326 e. The number of nitrogens with one attached hydrogen (secondary N) is 1. The molecule has 0 saturated carbocycles. The fourth-order valence-corrected chi connectivity index (χ4v) is 0.853. The van der Waals surface area contributed by atoms with Crippen LogP contribution in [0.5, 0.6) is 0 Å². The first-order valence-electron chi connectivity index (χ1n) is 3.57. The number of hydrogen-bond acceptors (Lipinski definition) is 2. The summed E-state index contributed by atoms with van der Waals surface area (Å²) in [6.45, 7) is 4.86. The first kappa shape index (κ1) is 8.46. The van der Waals surface area contributed by atoms with E-state index < -0.39 is 0 Å². The highest BCUT2D eigenvalue weighted by atomic mass is 16.1. The Bertz CT molecular complexity index is 290. The Labute approximate surface area is 71.1 Å². The minimum absolute atomic E-state index is 0.0747. The van der Waals surface area contributed by atoms with Crippen LogP contribution >= 0.6 is 0 Å². The summed E-state index contributed by atoms with van der Waals surface area (Å²) in [5.41, 5.74) is 1.57. The zero-order chi connectivity index (χ0) is 8.97. The van der Waals surface area contributed by atoms with Crippen LogP contribution in [0, 0.1) is 0 Å². The number of carbonyl (C=O) groups is 1. The Hall–Kier alpha value is -1.64. The SMILES string of the molecule is C=Nc1ccc(NC(C)=O)cc1. The zero-order valence-electron chi connectivity index (χ0n) is 6.87. The molecule has 1 rings (SSSR count). The van der Waals surface area contributed by atoms with Gasteiger partial charge in [0.2, 0.25) is 5.91 Å². The predicted octanol–water partition coefficient (Wildman–Crippen LogP) is 1.98. The van der Waals surface area contributed by atoms with Crippen molar-refractivity contribution in [2.45, 2.75) is 6.92 Å². The van der Waals surface area contributed by atoms with E-state index in [1.54, 1.807) is 24.3 Å². The molecule has 3 nitrogen and oxygen atoms in total. The van der Waals surface area contributed by atoms with Crippen molar-refractivity contribution in [1.29, 1.82) is 0 Å². The maximum Gasteiger partial charge on any atom is 0.221 e. The van der Waals surface area contributed by atoms with Crippen LogP contribution in [0.15, 0.2) is 29.3 Å². The summed E-state index contributed by atoms with van der Waals surface area (Å²) in [7, 11) is 0. The molecule has 0 saturated heterocycles. The molecular formula is C9H10N2O. The van der Waals surface area contributed by atoms with Crippen molar-refractivity contribution in [2.24, 2.45) is 4.99 Å². The summed E-state index contributed by atoms with van der Waals surface area (Å²) in [6, 6.07) is 7.15. The van der Waals surface area contributed by atoms with Gasteiger partial charge in [-0.05, 0) is 31.0 Å². The number of rotatable bonds is 2. The largest absolute Gasteiger partial charge is 0.326 e. The normalized spacial score (nSPS) is 9.08. The van der Waals surface area contributed by atoms with Crippen LogP contribution in [-0.4, -0.2) is 12.6 Å². The molecule has 0 aliphatic carbocycles. The lowest BCUT2D eigenvalue weighted by Gasteiger charge is -2.00. The van der Waals surface area contributed by atoms with Gasteiger partial charge in [0.05, 0.1) is 5.69 Å². The number of benzene rings is 1. The van der Waals surface area contributed by atoms with E-state index in [9.17, 15) is 4.79 Å². The second kappa shape index (κ2) is 3.67. The quantitative estimate of drug-likeness (QED) is 0.664. The molecule has 0 aliphatic rings. The molecule has 0 bridgehead atoms. The number of amides is 1. The molecule has 0 spiro atoms. The maximum absolute atomic E-state index is 10.6. The van der Waals surface area contributed by atoms with Gasteiger partial charge in [-0.3, -0.25) is 9.79 Å². The second-order valence-corrected chi connectivity index (χ2v) is 2.39. The zero-order valence-corrected chi connectivity index (χ0v) is 6.87. The second-order valence-electron chi connectivity index (χ2n) is 2.39. The van der Waals surface area contributed by atoms with Crippen LogP contribution in [0.25, 0.3) is 0 Å². The Balaban J connectivity index is 2.77. The average Bonchev–Trinajstić information content (AvgIpc) is 2.05. The Morgan fingerprint density at radius 2 is 2.00 bits per heavy atom. The van der Waals surface area contributed by atoms with Crippen molar-refractivity contribution >= 4 is 24.0 Å². The Morgan fingerprint density at radius 3 is 2.42 bits per heavy atom. The smallest absolute Gasteiger partial charge is 0.221 e. The van der Waals surface area contributed by atoms with E-state index in [0.717, 1.165) is 11.4 Å². The summed E-state index contributed by atoms with van der Waals surface area (Å²) < 4.78 is 0. The van der Waals surface area contributed by atoms with Gasteiger partial charge in [0.15, 0.2) is 0 Å². The molecule has 0 unspecified atom stereocenters. The van der Waals surface area contributed by atoms with E-state index in [-0.39, 0.29) is 5.91 Å². The van der Waals surface area contributed by atoms with E-state index in [1.165, 1.54) is 6.92 Å². The van der Waals surface area contributed by atoms with Crippen LogP contribution < -0.4 is 5.32 Å². The Kier molecular flexibility index (Phi) is 2.58. The minimum atomic E-state index is -0.0747. The molecule has 12 heavy (non-hydrogen) atoms. The fourth-order valence-electron chi connectivity index (χ4n) is 0.853. The third-order valence-electron chi connectivity index (χ3n) is 1.37. The van der Waals surface area contributed by atoms with Crippen molar-refractivity contribution in [3.8, 4) is 0 Å². The van der Waals surface area contributed by atoms with Crippen LogP contribution in [0.2, 0.25) is 0 Å². The van der Waals surface area contributed by atoms with E-state index >= 15 is 0 Å². The number of carbonyl (C=O) groups excluding carboxylic acids is 1. The molecule has 0 radical (unpaired) electrons. The summed E-state index contributed by atoms with van der Waals surface area (Å²) in [4.78, 5) is 14.3. The number of anilines is 1. The van der Waals surface area contributed by atoms with Crippen LogP contribution in [0.1, 0.15) is 6.92 Å². The molecule has 1 N–H and O–H groups in total. The van der Waals surface area contributed by atoms with E-state index in [2.05, 4.69) is 17.0 Å². The number of hydrogen-bond donors (Lipinski definition) is 1. The average molecular weight is 162 g/mol. The molecule has 1 aromatic carbocycles. The summed E-state index contributed by atoms with van der Waals surface area (Å²) in [5, 5.41) is 2.66. The summed E-state index contributed by atoms with van der Waals surface area (Å²) >= 11 is 0. The fraction of sp³-hybridized carbons (Fsp3) is 0.111. The standard InChI is InChI=1S/C9H10N2O/c1-7(12)11-9-5-3-8(10-2)4-6-9/h3-6H,2H2,1H3,(H,11,12). The van der Waals surface area contributed by atoms with Crippen LogP contribution in [0.4, 0.5) is 11.4 Å². The molecule has 1 amide bonds. The van der Waals surface area contributed by atoms with E-state index in [1.807, 2.05) is 0 Å². The lowest BCUT2D eigenvalue weighted by atomic mass is 10.3. The molecule has 62 valence electrons. The van der Waals surface area contributed by atoms with E-state index in [4.69, 9.17) is 0 Å². The molecular weight excluding hydrogens is 152 g/mol. The van der Waals surface area contributed by atoms with Crippen molar-refractivity contribution < 1.29 is 4.79 Å². The topological polar surface area (TPSA) is 41.5 Å². The highest BCUT2D eigenvalue weighted by molar-refractivity contribution is 5.88. The van der Waals surface area contributed by atoms with Crippen LogP contribution in [0.3, 0.4) is 0 Å². The molecule has 0 aliphatic heterocycles. The van der Waals surface area contributed by atoms with Gasteiger partial charge >= 0.3 is 0 Å². The van der Waals surface area contributed by atoms with Gasteiger partial charge in [-0.25, -0.2) is 0 Å². The van der Waals surface area contributed by atoms with Crippen molar-refractivity contribution in [1.82, 2.24) is 0 Å². The van der Waals surface area contributed by atoms with E-state index in [0.29, 0.717) is 0 Å². The predicted molar refractivity (Wildman–Crippen MR) is 50.0 cm³/mol. The molecule has 0 aromatic heterocycles. The third-order valence-corrected chi connectivity index (χ3v) is 1.37. The first-order chi connectivity index (χ1) is 5.72. The van der Waals surface area contributed by atoms with Gasteiger partial charge in [0.1, 0.15) is 0 Å². The van der Waals surface area contributed by atoms with Gasteiger partial charge in [-0.2, -0.15) is 0 Å². The highest BCUT2D eigenvalue weighted by Crippen LogP contribution is 2.14. The van der Waals surface area contributed by atoms with Crippen molar-refractivity contribution in [3.05, 3.63) is 24.3 Å². The number of nitrogens with zero attached hydrogens (tertiary/aromatic N) is 1. The lowest BCUT2D eigenvalue weighted by molar-refractivity contribution is -0.114. The van der Waals surface area contributed by atoms with Gasteiger partial charge in [-0.15, -0.1) is 0 Å². The molecule has 3 heteroatoms. The van der Waals surface area contributed by atoms with Gasteiger partial charge in [0, 0.05) is 12.6 Å². The third kappa shape index (κ3) is 2.20. The van der Waals surface area contributed by atoms with Crippen LogP contribution in [-0.2, 0) is 4.79 Å². The lowest BCUT2D eigenvalue weighted by Crippen LogP contribution is -2.04. The first-order valence-corrected chi connectivity index (χ1v) is 3.57. The molecule has 1 aromatic rings. The molecule has 0 atom stereocenters. The number of aliphatic imine (C=N–C) groups is 1. The molecule has 0 heterocycles. The van der Waals surface area contributed by atoms with Gasteiger partial charge < -0.3 is 5.32 Å². The Morgan fingerprint density at radius 1 is 1.42 bits per heavy atom. The molecule has 0 fully saturated rings. The summed E-state index contributed by atoms with van der Waals surface area (Å²) in [5.74, 6) is -0.0747. The summed E-state index contributed by atoms with van der Waals surface area (Å²) in [6.07, 6.45) is 0. The van der Waals surface area contributed by atoms with Gasteiger partial charge in [0.25, 0.3) is 0 Å². The van der Waals surface area contributed by atoms with Crippen molar-refractivity contribution in [3.63, 3.8) is 0 Å². The van der Waals surface area contributed by atoms with Gasteiger partial charge in [-0.1, -0.05) is 0 Å². The highest BCUT2D eigenvalue weighted by Gasteiger charge is 1.93. The maximum atomic E-state index is 10.6.